The Labute approximate surface area is 165 Å². The number of carbonyl (C=O) groups is 1. The van der Waals surface area contributed by atoms with E-state index in [4.69, 9.17) is 27.9 Å². The van der Waals surface area contributed by atoms with Gasteiger partial charge in [-0.15, -0.1) is 11.6 Å². The summed E-state index contributed by atoms with van der Waals surface area (Å²) >= 11 is 11.6. The van der Waals surface area contributed by atoms with Crippen molar-refractivity contribution >= 4 is 41.0 Å². The quantitative estimate of drug-likeness (QED) is 0.515. The third-order valence-electron chi connectivity index (χ3n) is 3.48. The van der Waals surface area contributed by atoms with Crippen molar-refractivity contribution in [1.29, 1.82) is 0 Å². The molecule has 1 aliphatic heterocycles. The van der Waals surface area contributed by atoms with Crippen LogP contribution in [0.5, 0.6) is 11.5 Å². The normalized spacial score (nSPS) is 17.9. The topological polar surface area (TPSA) is 72.0 Å². The fourth-order valence-electron chi connectivity index (χ4n) is 2.21. The number of alkyl halides is 3. The van der Waals surface area contributed by atoms with E-state index < -0.39 is 12.5 Å². The van der Waals surface area contributed by atoms with E-state index in [1.54, 1.807) is 6.92 Å². The second-order valence-electron chi connectivity index (χ2n) is 5.79. The zero-order chi connectivity index (χ0) is 20.0. The number of amides is 1. The molecule has 1 aliphatic rings. The number of nitrogens with zero attached hydrogens (tertiary/aromatic N) is 1. The molecule has 0 radical (unpaired) electrons. The molecule has 10 heteroatoms. The minimum atomic E-state index is -3.01. The molecule has 1 aromatic carbocycles. The van der Waals surface area contributed by atoms with Crippen molar-refractivity contribution in [3.63, 3.8) is 0 Å². The molecule has 1 aromatic rings. The molecule has 0 saturated heterocycles. The Kier molecular flexibility index (Phi) is 7.67. The van der Waals surface area contributed by atoms with Crippen molar-refractivity contribution in [3.8, 4) is 11.5 Å². The van der Waals surface area contributed by atoms with Crippen molar-refractivity contribution in [3.05, 3.63) is 28.9 Å². The van der Waals surface area contributed by atoms with E-state index in [9.17, 15) is 13.6 Å². The number of nitrogens with one attached hydrogen (secondary N) is 2. The molecule has 2 atom stereocenters. The Morgan fingerprint density at radius 3 is 2.96 bits per heavy atom. The van der Waals surface area contributed by atoms with Crippen LogP contribution in [0.25, 0.3) is 0 Å². The first kappa shape index (κ1) is 21.2. The van der Waals surface area contributed by atoms with Gasteiger partial charge in [-0.1, -0.05) is 11.6 Å². The van der Waals surface area contributed by atoms with Crippen molar-refractivity contribution < 1.29 is 23.0 Å². The summed E-state index contributed by atoms with van der Waals surface area (Å²) in [5.41, 5.74) is 0.475. The highest BCUT2D eigenvalue weighted by molar-refractivity contribution is 6.39. The molecule has 148 valence electrons. The number of ether oxygens (including phenoxy) is 2. The van der Waals surface area contributed by atoms with Gasteiger partial charge in [-0.25, -0.2) is 0 Å². The summed E-state index contributed by atoms with van der Waals surface area (Å²) in [6.45, 7) is 0.976. The molecule has 0 saturated carbocycles. The van der Waals surface area contributed by atoms with Crippen LogP contribution in [0.15, 0.2) is 28.4 Å². The molecule has 2 rings (SSSR count). The third-order valence-corrected chi connectivity index (χ3v) is 4.14. The molecule has 27 heavy (non-hydrogen) atoms. The van der Waals surface area contributed by atoms with E-state index in [2.05, 4.69) is 20.4 Å². The van der Waals surface area contributed by atoms with Crippen LogP contribution in [-0.2, 0) is 0 Å². The van der Waals surface area contributed by atoms with Crippen molar-refractivity contribution in [1.82, 2.24) is 5.32 Å². The van der Waals surface area contributed by atoms with Crippen molar-refractivity contribution in [2.45, 2.75) is 32.6 Å². The number of hydrogen-bond acceptors (Lipinski definition) is 5. The second-order valence-corrected chi connectivity index (χ2v) is 6.53. The van der Waals surface area contributed by atoms with Gasteiger partial charge in [0.2, 0.25) is 0 Å². The summed E-state index contributed by atoms with van der Waals surface area (Å²) in [4.78, 5) is 16.5. The number of hydrogen-bond donors (Lipinski definition) is 2. The lowest BCUT2D eigenvalue weighted by atomic mass is 10.1. The maximum absolute atomic E-state index is 12.6. The van der Waals surface area contributed by atoms with Crippen molar-refractivity contribution in [2.24, 2.45) is 4.99 Å². The van der Waals surface area contributed by atoms with Crippen LogP contribution in [-0.4, -0.2) is 43.3 Å². The average Bonchev–Trinajstić information content (AvgIpc) is 2.64. The molecule has 0 spiro atoms. The van der Waals surface area contributed by atoms with Crippen LogP contribution in [0.1, 0.15) is 24.2 Å². The van der Waals surface area contributed by atoms with Gasteiger partial charge in [-0.3, -0.25) is 9.79 Å². The highest BCUT2D eigenvalue weighted by Gasteiger charge is 2.26. The van der Waals surface area contributed by atoms with E-state index in [1.165, 1.54) is 24.5 Å². The Morgan fingerprint density at radius 1 is 1.56 bits per heavy atom. The van der Waals surface area contributed by atoms with Crippen LogP contribution in [0, 0.1) is 0 Å². The first-order valence-corrected chi connectivity index (χ1v) is 9.01. The third kappa shape index (κ3) is 5.97. The molecule has 0 aromatic heterocycles. The number of rotatable bonds is 7. The zero-order valence-electron chi connectivity index (χ0n) is 14.6. The number of fused-ring (bicyclic) bond motifs is 1. The van der Waals surface area contributed by atoms with Crippen LogP contribution < -0.4 is 20.1 Å². The fraction of sp³-hybridized carbons (Fsp3) is 0.412. The summed E-state index contributed by atoms with van der Waals surface area (Å²) in [5, 5.41) is 5.72. The van der Waals surface area contributed by atoms with Gasteiger partial charge in [-0.05, 0) is 26.0 Å². The van der Waals surface area contributed by atoms with Crippen LogP contribution >= 0.6 is 23.2 Å². The molecule has 6 nitrogen and oxygen atoms in total. The SMILES string of the molecule is CC(CCl)N=C/C(Cl)=C/NC(=O)c1ccc(OC(F)F)c2c1NC[C@@H](C)O2. The number of benzene rings is 1. The minimum absolute atomic E-state index is 0.0641. The fourth-order valence-corrected chi connectivity index (χ4v) is 2.40. The van der Waals surface area contributed by atoms with Gasteiger partial charge < -0.3 is 20.1 Å². The van der Waals surface area contributed by atoms with Crippen LogP contribution in [0.2, 0.25) is 0 Å². The Balaban J connectivity index is 2.21. The summed E-state index contributed by atoms with van der Waals surface area (Å²) in [7, 11) is 0. The number of anilines is 1. The first-order chi connectivity index (χ1) is 12.8. The second kappa shape index (κ2) is 9.75. The van der Waals surface area contributed by atoms with Gasteiger partial charge >= 0.3 is 6.61 Å². The largest absolute Gasteiger partial charge is 0.483 e. The van der Waals surface area contributed by atoms with Gasteiger partial charge in [0.05, 0.1) is 28.9 Å². The summed E-state index contributed by atoms with van der Waals surface area (Å²) < 4.78 is 35.2. The van der Waals surface area contributed by atoms with Gasteiger partial charge in [0.25, 0.3) is 5.91 Å². The predicted octanol–water partition coefficient (Wildman–Crippen LogP) is 3.99. The molecule has 0 bridgehead atoms. The predicted molar refractivity (Wildman–Crippen MR) is 102 cm³/mol. The number of halogens is 4. The van der Waals surface area contributed by atoms with Crippen LogP contribution in [0.4, 0.5) is 14.5 Å². The van der Waals surface area contributed by atoms with E-state index in [0.29, 0.717) is 12.4 Å². The average molecular weight is 422 g/mol. The van der Waals surface area contributed by atoms with E-state index >= 15 is 0 Å². The lowest BCUT2D eigenvalue weighted by Crippen LogP contribution is -2.30. The summed E-state index contributed by atoms with van der Waals surface area (Å²) in [6, 6.07) is 2.51. The van der Waals surface area contributed by atoms with Crippen LogP contribution in [0.3, 0.4) is 0 Å². The molecular weight excluding hydrogens is 403 g/mol. The molecular formula is C17H19Cl2F2N3O3. The van der Waals surface area contributed by atoms with E-state index in [-0.39, 0.29) is 39.9 Å². The Bertz CT molecular complexity index is 744. The molecule has 0 aliphatic carbocycles. The number of aliphatic imine (C=N–C) groups is 1. The number of carbonyl (C=O) groups excluding carboxylic acids is 1. The zero-order valence-corrected chi connectivity index (χ0v) is 16.2. The molecule has 2 N–H and O–H groups in total. The van der Waals surface area contributed by atoms with Gasteiger partial charge in [0, 0.05) is 18.3 Å². The summed E-state index contributed by atoms with van der Waals surface area (Å²) in [6.07, 6.45) is 2.38. The van der Waals surface area contributed by atoms with E-state index in [0.717, 1.165) is 0 Å². The summed E-state index contributed by atoms with van der Waals surface area (Å²) in [5.74, 6) is -0.242. The molecule has 0 fully saturated rings. The highest BCUT2D eigenvalue weighted by Crippen LogP contribution is 2.41. The van der Waals surface area contributed by atoms with Gasteiger partial charge in [0.15, 0.2) is 11.5 Å². The maximum Gasteiger partial charge on any atom is 0.387 e. The lowest BCUT2D eigenvalue weighted by molar-refractivity contribution is -0.0519. The lowest BCUT2D eigenvalue weighted by Gasteiger charge is -2.28. The minimum Gasteiger partial charge on any atom is -0.483 e. The highest BCUT2D eigenvalue weighted by atomic mass is 35.5. The van der Waals surface area contributed by atoms with Gasteiger partial charge in [-0.2, -0.15) is 8.78 Å². The number of allylic oxidation sites excluding steroid dienone is 1. The molecule has 1 unspecified atom stereocenters. The first-order valence-electron chi connectivity index (χ1n) is 8.09. The molecule has 1 heterocycles. The van der Waals surface area contributed by atoms with Crippen molar-refractivity contribution in [2.75, 3.05) is 17.7 Å². The Morgan fingerprint density at radius 2 is 2.30 bits per heavy atom. The molecule has 1 amide bonds. The van der Waals surface area contributed by atoms with Gasteiger partial charge in [0.1, 0.15) is 6.10 Å². The monoisotopic (exact) mass is 421 g/mol. The van der Waals surface area contributed by atoms with E-state index in [1.807, 2.05) is 6.92 Å². The standard InChI is InChI=1S/C17H19Cl2F2N3O3/c1-9(5-18)22-7-11(19)8-24-16(25)12-3-4-13(27-17(20)21)15-14(12)23-6-10(2)26-15/h3-4,7-10,17,23H,5-6H2,1-2H3,(H,24,25)/b11-8-,22-7?/t9?,10-/m1/s1. The smallest absolute Gasteiger partial charge is 0.387 e. The maximum atomic E-state index is 12.6. The Hall–Kier alpha value is -2.06.